The maximum atomic E-state index is 12.3. The van der Waals surface area contributed by atoms with Gasteiger partial charge in [-0.15, -0.1) is 12.4 Å². The van der Waals surface area contributed by atoms with Crippen molar-refractivity contribution in [1.29, 1.82) is 0 Å². The minimum atomic E-state index is -0.0600. The predicted molar refractivity (Wildman–Crippen MR) is 98.1 cm³/mol. The van der Waals surface area contributed by atoms with Gasteiger partial charge in [-0.2, -0.15) is 0 Å². The molecule has 0 aliphatic carbocycles. The largest absolute Gasteiger partial charge is 0.347 e. The number of hydrogen-bond acceptors (Lipinski definition) is 3. The molecule has 2 amide bonds. The van der Waals surface area contributed by atoms with Crippen LogP contribution in [0.2, 0.25) is 0 Å². The van der Waals surface area contributed by atoms with Crippen LogP contribution >= 0.6 is 12.4 Å². The Morgan fingerprint density at radius 1 is 1.25 bits per heavy atom. The molecule has 1 fully saturated rings. The van der Waals surface area contributed by atoms with Gasteiger partial charge in [0.2, 0.25) is 11.8 Å². The molecule has 1 aliphatic rings. The molecule has 24 heavy (non-hydrogen) atoms. The number of nitrogens with two attached hydrogens (primary N) is 1. The summed E-state index contributed by atoms with van der Waals surface area (Å²) in [7, 11) is 0. The van der Waals surface area contributed by atoms with Crippen molar-refractivity contribution in [2.75, 3.05) is 19.6 Å². The molecule has 1 aromatic carbocycles. The molecule has 0 unspecified atom stereocenters. The van der Waals surface area contributed by atoms with Crippen molar-refractivity contribution in [2.24, 2.45) is 11.7 Å². The number of amides is 2. The summed E-state index contributed by atoms with van der Waals surface area (Å²) in [5, 5.41) is 2.71. The van der Waals surface area contributed by atoms with E-state index in [1.807, 2.05) is 30.3 Å². The molecule has 1 saturated heterocycles. The number of carbonyl (C=O) groups excluding carboxylic acids is 2. The lowest BCUT2D eigenvalue weighted by Crippen LogP contribution is -2.40. The summed E-state index contributed by atoms with van der Waals surface area (Å²) in [5.74, 6) is 0.531. The van der Waals surface area contributed by atoms with E-state index in [9.17, 15) is 9.59 Å². The van der Waals surface area contributed by atoms with Gasteiger partial charge in [-0.1, -0.05) is 44.2 Å². The number of carbonyl (C=O) groups is 2. The summed E-state index contributed by atoms with van der Waals surface area (Å²) >= 11 is 0. The summed E-state index contributed by atoms with van der Waals surface area (Å²) in [6.45, 7) is 5.37. The van der Waals surface area contributed by atoms with Crippen LogP contribution in [-0.2, 0) is 9.59 Å². The predicted octanol–water partition coefficient (Wildman–Crippen LogP) is 1.91. The first kappa shape index (κ1) is 20.5. The first-order valence-electron chi connectivity index (χ1n) is 8.32. The molecule has 0 spiro atoms. The van der Waals surface area contributed by atoms with Gasteiger partial charge in [0.1, 0.15) is 0 Å². The SMILES string of the molecule is CC(C)CCC(=O)NCC(=O)N1C[C@@H](N)[C@H](c2ccccc2)C1.Cl. The number of benzene rings is 1. The lowest BCUT2D eigenvalue weighted by Gasteiger charge is -2.17. The van der Waals surface area contributed by atoms with Gasteiger partial charge < -0.3 is 16.0 Å². The maximum Gasteiger partial charge on any atom is 0.242 e. The fourth-order valence-corrected chi connectivity index (χ4v) is 2.88. The number of rotatable bonds is 6. The van der Waals surface area contributed by atoms with Crippen LogP contribution in [0.25, 0.3) is 0 Å². The van der Waals surface area contributed by atoms with Gasteiger partial charge in [-0.25, -0.2) is 0 Å². The Hall–Kier alpha value is -1.59. The van der Waals surface area contributed by atoms with Crippen LogP contribution in [0.3, 0.4) is 0 Å². The number of likely N-dealkylation sites (tertiary alicyclic amines) is 1. The highest BCUT2D eigenvalue weighted by molar-refractivity contribution is 5.85. The molecule has 6 heteroatoms. The first-order valence-corrected chi connectivity index (χ1v) is 8.32. The van der Waals surface area contributed by atoms with Crippen molar-refractivity contribution in [1.82, 2.24) is 10.2 Å². The summed E-state index contributed by atoms with van der Waals surface area (Å²) in [6, 6.07) is 9.99. The van der Waals surface area contributed by atoms with Crippen LogP contribution in [-0.4, -0.2) is 42.4 Å². The third kappa shape index (κ3) is 5.80. The number of halogens is 1. The highest BCUT2D eigenvalue weighted by atomic mass is 35.5. The van der Waals surface area contributed by atoms with Gasteiger partial charge in [0.15, 0.2) is 0 Å². The van der Waals surface area contributed by atoms with Crippen molar-refractivity contribution in [2.45, 2.75) is 38.6 Å². The van der Waals surface area contributed by atoms with E-state index >= 15 is 0 Å². The van der Waals surface area contributed by atoms with E-state index in [0.717, 1.165) is 12.0 Å². The van der Waals surface area contributed by atoms with E-state index in [1.165, 1.54) is 0 Å². The van der Waals surface area contributed by atoms with E-state index in [2.05, 4.69) is 19.2 Å². The molecule has 0 saturated carbocycles. The molecule has 3 N–H and O–H groups in total. The highest BCUT2D eigenvalue weighted by Crippen LogP contribution is 2.26. The van der Waals surface area contributed by atoms with Crippen LogP contribution in [0.5, 0.6) is 0 Å². The normalized spacial score (nSPS) is 19.9. The maximum absolute atomic E-state index is 12.3. The van der Waals surface area contributed by atoms with Crippen molar-refractivity contribution in [3.63, 3.8) is 0 Å². The standard InChI is InChI=1S/C18H27N3O2.ClH/c1-13(2)8-9-17(22)20-10-18(23)21-11-15(16(19)12-21)14-6-4-3-5-7-14;/h3-7,13,15-16H,8-12,19H2,1-2H3,(H,20,22);1H/t15-,16+;/m0./s1. The molecule has 0 aromatic heterocycles. The Labute approximate surface area is 150 Å². The van der Waals surface area contributed by atoms with Crippen LogP contribution < -0.4 is 11.1 Å². The van der Waals surface area contributed by atoms with E-state index in [0.29, 0.717) is 25.4 Å². The molecule has 0 radical (unpaired) electrons. The topological polar surface area (TPSA) is 75.4 Å². The molecule has 1 aromatic rings. The van der Waals surface area contributed by atoms with E-state index in [-0.39, 0.29) is 42.7 Å². The quantitative estimate of drug-likeness (QED) is 0.820. The smallest absolute Gasteiger partial charge is 0.242 e. The zero-order chi connectivity index (χ0) is 16.8. The zero-order valence-corrected chi connectivity index (χ0v) is 15.2. The fourth-order valence-electron chi connectivity index (χ4n) is 2.88. The monoisotopic (exact) mass is 353 g/mol. The van der Waals surface area contributed by atoms with Crippen LogP contribution in [0.1, 0.15) is 38.2 Å². The van der Waals surface area contributed by atoms with Crippen molar-refractivity contribution < 1.29 is 9.59 Å². The van der Waals surface area contributed by atoms with Crippen LogP contribution in [0.15, 0.2) is 30.3 Å². The van der Waals surface area contributed by atoms with Crippen molar-refractivity contribution >= 4 is 24.2 Å². The molecule has 2 rings (SSSR count). The Morgan fingerprint density at radius 2 is 1.92 bits per heavy atom. The average molecular weight is 354 g/mol. The summed E-state index contributed by atoms with van der Waals surface area (Å²) in [5.41, 5.74) is 7.36. The van der Waals surface area contributed by atoms with E-state index < -0.39 is 0 Å². The minimum absolute atomic E-state index is 0. The third-order valence-corrected chi connectivity index (χ3v) is 4.33. The molecule has 134 valence electrons. The van der Waals surface area contributed by atoms with Gasteiger partial charge in [-0.05, 0) is 17.9 Å². The second kappa shape index (κ2) is 9.64. The average Bonchev–Trinajstić information content (AvgIpc) is 2.93. The molecule has 1 aliphatic heterocycles. The first-order chi connectivity index (χ1) is 11.0. The molecule has 5 nitrogen and oxygen atoms in total. The minimum Gasteiger partial charge on any atom is -0.347 e. The van der Waals surface area contributed by atoms with Gasteiger partial charge in [-0.3, -0.25) is 9.59 Å². The number of nitrogens with one attached hydrogen (secondary N) is 1. The molecule has 0 bridgehead atoms. The zero-order valence-electron chi connectivity index (χ0n) is 14.4. The Bertz CT molecular complexity index is 536. The Kier molecular flexibility index (Phi) is 8.22. The summed E-state index contributed by atoms with van der Waals surface area (Å²) in [4.78, 5) is 25.7. The molecular weight excluding hydrogens is 326 g/mol. The Balaban J connectivity index is 0.00000288. The fraction of sp³-hybridized carbons (Fsp3) is 0.556. The number of hydrogen-bond donors (Lipinski definition) is 2. The van der Waals surface area contributed by atoms with Gasteiger partial charge in [0.05, 0.1) is 6.54 Å². The molecule has 1 heterocycles. The van der Waals surface area contributed by atoms with E-state index in [4.69, 9.17) is 5.73 Å². The van der Waals surface area contributed by atoms with Crippen LogP contribution in [0, 0.1) is 5.92 Å². The summed E-state index contributed by atoms with van der Waals surface area (Å²) < 4.78 is 0. The molecular formula is C18H28ClN3O2. The van der Waals surface area contributed by atoms with Crippen LogP contribution in [0.4, 0.5) is 0 Å². The highest BCUT2D eigenvalue weighted by Gasteiger charge is 2.33. The lowest BCUT2D eigenvalue weighted by molar-refractivity contribution is -0.132. The van der Waals surface area contributed by atoms with E-state index in [1.54, 1.807) is 4.90 Å². The second-order valence-corrected chi connectivity index (χ2v) is 6.69. The van der Waals surface area contributed by atoms with Gasteiger partial charge in [0.25, 0.3) is 0 Å². The lowest BCUT2D eigenvalue weighted by atomic mass is 9.95. The number of nitrogens with zero attached hydrogens (tertiary/aromatic N) is 1. The second-order valence-electron chi connectivity index (χ2n) is 6.69. The molecule has 2 atom stereocenters. The summed E-state index contributed by atoms with van der Waals surface area (Å²) in [6.07, 6.45) is 1.31. The van der Waals surface area contributed by atoms with Gasteiger partial charge in [0, 0.05) is 31.5 Å². The Morgan fingerprint density at radius 3 is 2.54 bits per heavy atom. The third-order valence-electron chi connectivity index (χ3n) is 4.33. The van der Waals surface area contributed by atoms with Crippen molar-refractivity contribution in [3.8, 4) is 0 Å². The van der Waals surface area contributed by atoms with Gasteiger partial charge >= 0.3 is 0 Å². The van der Waals surface area contributed by atoms with Crippen molar-refractivity contribution in [3.05, 3.63) is 35.9 Å².